The van der Waals surface area contributed by atoms with E-state index in [9.17, 15) is 9.59 Å². The predicted molar refractivity (Wildman–Crippen MR) is 103 cm³/mol. The molecule has 0 spiro atoms. The number of rotatable bonds is 6. The molecule has 1 heterocycles. The van der Waals surface area contributed by atoms with Crippen molar-refractivity contribution in [2.24, 2.45) is 5.92 Å². The Balaban J connectivity index is 2.04. The van der Waals surface area contributed by atoms with Crippen molar-refractivity contribution in [3.05, 3.63) is 41.7 Å². The highest BCUT2D eigenvalue weighted by Crippen LogP contribution is 2.26. The zero-order valence-electron chi connectivity index (χ0n) is 15.7. The van der Waals surface area contributed by atoms with Crippen molar-refractivity contribution < 1.29 is 9.59 Å². The van der Waals surface area contributed by atoms with E-state index in [0.29, 0.717) is 10.8 Å². The van der Waals surface area contributed by atoms with Crippen LogP contribution in [0.3, 0.4) is 0 Å². The maximum atomic E-state index is 12.4. The highest BCUT2D eigenvalue weighted by molar-refractivity contribution is 7.99. The topological polar surface area (TPSA) is 84.0 Å². The van der Waals surface area contributed by atoms with Crippen molar-refractivity contribution in [1.29, 1.82) is 0 Å². The fourth-order valence-corrected chi connectivity index (χ4v) is 3.29. The minimum Gasteiger partial charge on any atom is -0.344 e. The molecule has 2 N–H and O–H groups in total. The van der Waals surface area contributed by atoms with Gasteiger partial charge in [-0.15, -0.1) is 0 Å². The van der Waals surface area contributed by atoms with Crippen molar-refractivity contribution in [2.75, 3.05) is 5.32 Å². The van der Waals surface area contributed by atoms with E-state index in [2.05, 4.69) is 20.6 Å². The van der Waals surface area contributed by atoms with Crippen LogP contribution in [0, 0.1) is 19.8 Å². The molecule has 1 unspecified atom stereocenters. The SMILES string of the molecule is CC(=O)NC(C(=O)Nc1ccc(Sc2nc(C)cc(C)n2)cc1)C(C)C. The van der Waals surface area contributed by atoms with Crippen molar-refractivity contribution in [2.45, 2.75) is 50.7 Å². The number of amides is 2. The number of benzene rings is 1. The molecule has 2 amide bonds. The second-order valence-corrected chi connectivity index (χ2v) is 7.51. The van der Waals surface area contributed by atoms with Gasteiger partial charge in [0.2, 0.25) is 11.8 Å². The number of hydrogen-bond acceptors (Lipinski definition) is 5. The second-order valence-electron chi connectivity index (χ2n) is 6.47. The lowest BCUT2D eigenvalue weighted by atomic mass is 10.0. The van der Waals surface area contributed by atoms with Gasteiger partial charge in [0, 0.05) is 28.9 Å². The van der Waals surface area contributed by atoms with Gasteiger partial charge in [0.1, 0.15) is 6.04 Å². The zero-order chi connectivity index (χ0) is 19.3. The molecular formula is C19H24N4O2S. The van der Waals surface area contributed by atoms with E-state index in [4.69, 9.17) is 0 Å². The highest BCUT2D eigenvalue weighted by atomic mass is 32.2. The first kappa shape index (κ1) is 19.9. The van der Waals surface area contributed by atoms with Crippen LogP contribution in [0.1, 0.15) is 32.2 Å². The molecule has 0 radical (unpaired) electrons. The second kappa shape index (κ2) is 8.80. The monoisotopic (exact) mass is 372 g/mol. The van der Waals surface area contributed by atoms with E-state index in [1.807, 2.05) is 58.0 Å². The smallest absolute Gasteiger partial charge is 0.247 e. The summed E-state index contributed by atoms with van der Waals surface area (Å²) in [5, 5.41) is 6.23. The minimum atomic E-state index is -0.565. The Morgan fingerprint density at radius 3 is 2.12 bits per heavy atom. The number of anilines is 1. The fraction of sp³-hybridized carbons (Fsp3) is 0.368. The van der Waals surface area contributed by atoms with E-state index >= 15 is 0 Å². The van der Waals surface area contributed by atoms with E-state index < -0.39 is 6.04 Å². The van der Waals surface area contributed by atoms with E-state index in [0.717, 1.165) is 16.3 Å². The molecule has 0 aliphatic heterocycles. The molecule has 1 aromatic carbocycles. The Morgan fingerprint density at radius 1 is 1.04 bits per heavy atom. The third-order valence-corrected chi connectivity index (χ3v) is 4.47. The molecule has 0 aliphatic carbocycles. The summed E-state index contributed by atoms with van der Waals surface area (Å²) < 4.78 is 0. The third kappa shape index (κ3) is 5.84. The van der Waals surface area contributed by atoms with Gasteiger partial charge in [-0.25, -0.2) is 9.97 Å². The lowest BCUT2D eigenvalue weighted by Crippen LogP contribution is -2.46. The summed E-state index contributed by atoms with van der Waals surface area (Å²) in [6.07, 6.45) is 0. The lowest BCUT2D eigenvalue weighted by Gasteiger charge is -2.21. The Morgan fingerprint density at radius 2 is 1.62 bits per heavy atom. The van der Waals surface area contributed by atoms with Crippen LogP contribution in [-0.4, -0.2) is 27.8 Å². The molecule has 0 saturated heterocycles. The fourth-order valence-electron chi connectivity index (χ4n) is 2.42. The molecule has 7 heteroatoms. The summed E-state index contributed by atoms with van der Waals surface area (Å²) in [7, 11) is 0. The van der Waals surface area contributed by atoms with Gasteiger partial charge in [-0.3, -0.25) is 9.59 Å². The maximum Gasteiger partial charge on any atom is 0.247 e. The molecule has 6 nitrogen and oxygen atoms in total. The number of carbonyl (C=O) groups is 2. The van der Waals surface area contributed by atoms with Gasteiger partial charge in [0.15, 0.2) is 5.16 Å². The zero-order valence-corrected chi connectivity index (χ0v) is 16.5. The molecule has 138 valence electrons. The molecule has 0 fully saturated rings. The van der Waals surface area contributed by atoms with E-state index in [1.54, 1.807) is 0 Å². The number of hydrogen-bond donors (Lipinski definition) is 2. The molecule has 1 aromatic heterocycles. The van der Waals surface area contributed by atoms with Crippen molar-refractivity contribution in [3.8, 4) is 0 Å². The van der Waals surface area contributed by atoms with Gasteiger partial charge in [-0.1, -0.05) is 13.8 Å². The number of carbonyl (C=O) groups excluding carboxylic acids is 2. The van der Waals surface area contributed by atoms with Gasteiger partial charge >= 0.3 is 0 Å². The van der Waals surface area contributed by atoms with Crippen LogP contribution in [0.4, 0.5) is 5.69 Å². The van der Waals surface area contributed by atoms with Crippen LogP contribution >= 0.6 is 11.8 Å². The Hall–Kier alpha value is -2.41. The van der Waals surface area contributed by atoms with Crippen LogP contribution in [-0.2, 0) is 9.59 Å². The van der Waals surface area contributed by atoms with Crippen molar-refractivity contribution in [3.63, 3.8) is 0 Å². The highest BCUT2D eigenvalue weighted by Gasteiger charge is 2.22. The Bertz CT molecular complexity index is 770. The van der Waals surface area contributed by atoms with Crippen molar-refractivity contribution in [1.82, 2.24) is 15.3 Å². The lowest BCUT2D eigenvalue weighted by molar-refractivity contribution is -0.126. The van der Waals surface area contributed by atoms with Crippen LogP contribution < -0.4 is 10.6 Å². The number of nitrogens with one attached hydrogen (secondary N) is 2. The minimum absolute atomic E-state index is 0.00422. The van der Waals surface area contributed by atoms with Gasteiger partial charge in [-0.05, 0) is 61.9 Å². The van der Waals surface area contributed by atoms with Crippen LogP contribution in [0.2, 0.25) is 0 Å². The average Bonchev–Trinajstić information content (AvgIpc) is 2.53. The summed E-state index contributed by atoms with van der Waals surface area (Å²) in [6.45, 7) is 9.08. The van der Waals surface area contributed by atoms with Gasteiger partial charge < -0.3 is 10.6 Å². The first-order chi connectivity index (χ1) is 12.2. The molecule has 2 aromatic rings. The van der Waals surface area contributed by atoms with Gasteiger partial charge in [0.05, 0.1) is 0 Å². The molecule has 26 heavy (non-hydrogen) atoms. The predicted octanol–water partition coefficient (Wildman–Crippen LogP) is 3.34. The number of nitrogens with zero attached hydrogens (tertiary/aromatic N) is 2. The van der Waals surface area contributed by atoms with Crippen molar-refractivity contribution >= 4 is 29.3 Å². The molecule has 2 rings (SSSR count). The van der Waals surface area contributed by atoms with Gasteiger partial charge in [0.25, 0.3) is 0 Å². The first-order valence-corrected chi connectivity index (χ1v) is 9.24. The maximum absolute atomic E-state index is 12.4. The summed E-state index contributed by atoms with van der Waals surface area (Å²) in [5.74, 6) is -0.456. The summed E-state index contributed by atoms with van der Waals surface area (Å²) in [4.78, 5) is 33.5. The van der Waals surface area contributed by atoms with Crippen LogP contribution in [0.25, 0.3) is 0 Å². The molecule has 0 aliphatic rings. The largest absolute Gasteiger partial charge is 0.344 e. The normalized spacial score (nSPS) is 11.9. The standard InChI is InChI=1S/C19H24N4O2S/c1-11(2)17(22-14(5)24)18(25)23-15-6-8-16(9-7-15)26-19-20-12(3)10-13(4)21-19/h6-11,17H,1-5H3,(H,22,24)(H,23,25). The van der Waals surface area contributed by atoms with E-state index in [-0.39, 0.29) is 17.7 Å². The molecule has 0 saturated carbocycles. The molecule has 1 atom stereocenters. The number of aromatic nitrogens is 2. The average molecular weight is 372 g/mol. The summed E-state index contributed by atoms with van der Waals surface area (Å²) in [6, 6.07) is 8.84. The summed E-state index contributed by atoms with van der Waals surface area (Å²) >= 11 is 1.47. The van der Waals surface area contributed by atoms with Crippen LogP contribution in [0.5, 0.6) is 0 Å². The van der Waals surface area contributed by atoms with Gasteiger partial charge in [-0.2, -0.15) is 0 Å². The third-order valence-electron chi connectivity index (χ3n) is 3.60. The quantitative estimate of drug-likeness (QED) is 0.760. The molecule has 0 bridgehead atoms. The Kier molecular flexibility index (Phi) is 6.74. The first-order valence-electron chi connectivity index (χ1n) is 8.43. The summed E-state index contributed by atoms with van der Waals surface area (Å²) in [5.41, 5.74) is 2.54. The molecular weight excluding hydrogens is 348 g/mol. The van der Waals surface area contributed by atoms with E-state index in [1.165, 1.54) is 18.7 Å². The Labute approximate surface area is 158 Å². The van der Waals surface area contributed by atoms with Crippen LogP contribution in [0.15, 0.2) is 40.4 Å². The number of aryl methyl sites for hydroxylation is 2.